The molecule has 2 aromatic rings. The first-order valence-corrected chi connectivity index (χ1v) is 7.31. The van der Waals surface area contributed by atoms with Crippen molar-refractivity contribution in [3.8, 4) is 11.5 Å². The number of carbonyl (C=O) groups excluding carboxylic acids is 1. The smallest absolute Gasteiger partial charge is 0.257 e. The molecule has 0 spiro atoms. The van der Waals surface area contributed by atoms with Crippen LogP contribution in [0.1, 0.15) is 15.2 Å². The van der Waals surface area contributed by atoms with Crippen molar-refractivity contribution in [3.63, 3.8) is 0 Å². The maximum Gasteiger partial charge on any atom is 0.257 e. The van der Waals surface area contributed by atoms with Crippen LogP contribution in [0.25, 0.3) is 0 Å². The zero-order valence-electron chi connectivity index (χ0n) is 11.2. The monoisotopic (exact) mass is 356 g/mol. The molecule has 0 fully saturated rings. The first-order valence-electron chi connectivity index (χ1n) is 5.70. The fraction of sp³-hybridized carbons (Fsp3) is 0.231. The molecular formula is C13H13BrN2O3S. The molecule has 20 heavy (non-hydrogen) atoms. The Kier molecular flexibility index (Phi) is 4.61. The van der Waals surface area contributed by atoms with Crippen molar-refractivity contribution in [1.29, 1.82) is 0 Å². The third-order valence-electron chi connectivity index (χ3n) is 2.55. The van der Waals surface area contributed by atoms with Crippen LogP contribution in [-0.2, 0) is 0 Å². The van der Waals surface area contributed by atoms with Gasteiger partial charge in [-0.05, 0) is 35.0 Å². The predicted molar refractivity (Wildman–Crippen MR) is 82.1 cm³/mol. The van der Waals surface area contributed by atoms with Gasteiger partial charge in [0.1, 0.15) is 16.0 Å². The molecule has 0 aliphatic carbocycles. The van der Waals surface area contributed by atoms with Crippen LogP contribution in [0.4, 0.5) is 5.13 Å². The van der Waals surface area contributed by atoms with Gasteiger partial charge in [-0.2, -0.15) is 0 Å². The Morgan fingerprint density at radius 2 is 1.90 bits per heavy atom. The highest BCUT2D eigenvalue weighted by Crippen LogP contribution is 2.35. The van der Waals surface area contributed by atoms with Crippen molar-refractivity contribution in [2.45, 2.75) is 6.92 Å². The van der Waals surface area contributed by atoms with E-state index < -0.39 is 0 Å². The minimum Gasteiger partial charge on any atom is -0.495 e. The molecule has 0 saturated carbocycles. The molecule has 106 valence electrons. The second kappa shape index (κ2) is 6.23. The van der Waals surface area contributed by atoms with Crippen LogP contribution in [0.5, 0.6) is 11.5 Å². The molecule has 0 radical (unpaired) electrons. The van der Waals surface area contributed by atoms with Gasteiger partial charge in [0, 0.05) is 16.6 Å². The van der Waals surface area contributed by atoms with Crippen LogP contribution in [0.3, 0.4) is 0 Å². The highest BCUT2D eigenvalue weighted by Gasteiger charge is 2.15. The number of hydrogen-bond donors (Lipinski definition) is 1. The third kappa shape index (κ3) is 3.10. The SMILES string of the molecule is COc1cc(C(=O)Nc2ncc(C)s2)cc(OC)c1Br. The number of methoxy groups -OCH3 is 2. The molecule has 1 heterocycles. The topological polar surface area (TPSA) is 60.5 Å². The number of nitrogens with zero attached hydrogens (tertiary/aromatic N) is 1. The van der Waals surface area contributed by atoms with E-state index in [9.17, 15) is 4.79 Å². The average molecular weight is 357 g/mol. The molecule has 5 nitrogen and oxygen atoms in total. The summed E-state index contributed by atoms with van der Waals surface area (Å²) in [5, 5.41) is 3.31. The quantitative estimate of drug-likeness (QED) is 0.910. The van der Waals surface area contributed by atoms with Gasteiger partial charge in [0.05, 0.1) is 14.2 Å². The lowest BCUT2D eigenvalue weighted by molar-refractivity contribution is 0.102. The number of rotatable bonds is 4. The number of anilines is 1. The number of thiazole rings is 1. The van der Waals surface area contributed by atoms with Crippen molar-refractivity contribution < 1.29 is 14.3 Å². The lowest BCUT2D eigenvalue weighted by Crippen LogP contribution is -2.12. The molecular weight excluding hydrogens is 344 g/mol. The third-order valence-corrected chi connectivity index (χ3v) is 4.16. The molecule has 0 bridgehead atoms. The summed E-state index contributed by atoms with van der Waals surface area (Å²) in [4.78, 5) is 17.3. The van der Waals surface area contributed by atoms with Crippen LogP contribution in [-0.4, -0.2) is 25.1 Å². The fourth-order valence-electron chi connectivity index (χ4n) is 1.58. The van der Waals surface area contributed by atoms with Crippen molar-refractivity contribution >= 4 is 38.3 Å². The molecule has 2 rings (SSSR count). The molecule has 1 amide bonds. The Morgan fingerprint density at radius 1 is 1.30 bits per heavy atom. The van der Waals surface area contributed by atoms with E-state index in [0.717, 1.165) is 4.88 Å². The van der Waals surface area contributed by atoms with Gasteiger partial charge >= 0.3 is 0 Å². The Balaban J connectivity index is 2.29. The Morgan fingerprint density at radius 3 is 2.35 bits per heavy atom. The number of carbonyl (C=O) groups is 1. The number of ether oxygens (including phenoxy) is 2. The van der Waals surface area contributed by atoms with Crippen molar-refractivity contribution in [2.24, 2.45) is 0 Å². The summed E-state index contributed by atoms with van der Waals surface area (Å²) < 4.78 is 11.1. The van der Waals surface area contributed by atoms with E-state index in [4.69, 9.17) is 9.47 Å². The summed E-state index contributed by atoms with van der Waals surface area (Å²) in [6.45, 7) is 1.93. The van der Waals surface area contributed by atoms with Crippen LogP contribution < -0.4 is 14.8 Å². The fourth-order valence-corrected chi connectivity index (χ4v) is 2.79. The lowest BCUT2D eigenvalue weighted by atomic mass is 10.2. The van der Waals surface area contributed by atoms with Crippen LogP contribution in [0, 0.1) is 6.92 Å². The first-order chi connectivity index (χ1) is 9.55. The Bertz CT molecular complexity index is 617. The largest absolute Gasteiger partial charge is 0.495 e. The van der Waals surface area contributed by atoms with Crippen molar-refractivity contribution in [2.75, 3.05) is 19.5 Å². The van der Waals surface area contributed by atoms with Gasteiger partial charge in [-0.15, -0.1) is 11.3 Å². The summed E-state index contributed by atoms with van der Waals surface area (Å²) in [5.41, 5.74) is 0.440. The molecule has 0 atom stereocenters. The summed E-state index contributed by atoms with van der Waals surface area (Å²) in [6.07, 6.45) is 1.71. The molecule has 0 saturated heterocycles. The Labute approximate surface area is 129 Å². The number of nitrogens with one attached hydrogen (secondary N) is 1. The van der Waals surface area contributed by atoms with Crippen LogP contribution in [0.15, 0.2) is 22.8 Å². The van der Waals surface area contributed by atoms with E-state index in [0.29, 0.717) is 26.7 Å². The zero-order valence-corrected chi connectivity index (χ0v) is 13.6. The number of hydrogen-bond acceptors (Lipinski definition) is 5. The standard InChI is InChI=1S/C13H13BrN2O3S/c1-7-6-15-13(20-7)16-12(17)8-4-9(18-2)11(14)10(5-8)19-3/h4-6H,1-3H3,(H,15,16,17). The Hall–Kier alpha value is -1.60. The molecule has 1 aromatic carbocycles. The first kappa shape index (κ1) is 14.8. The molecule has 0 unspecified atom stereocenters. The average Bonchev–Trinajstić information content (AvgIpc) is 2.84. The summed E-state index contributed by atoms with van der Waals surface area (Å²) >= 11 is 4.78. The molecule has 0 aliphatic heterocycles. The highest BCUT2D eigenvalue weighted by molar-refractivity contribution is 9.10. The van der Waals surface area contributed by atoms with Crippen LogP contribution >= 0.6 is 27.3 Å². The molecule has 7 heteroatoms. The number of aryl methyl sites for hydroxylation is 1. The van der Waals surface area contributed by atoms with Gasteiger partial charge in [-0.1, -0.05) is 0 Å². The second-order valence-corrected chi connectivity index (χ2v) is 5.95. The van der Waals surface area contributed by atoms with Gasteiger partial charge < -0.3 is 9.47 Å². The van der Waals surface area contributed by atoms with Crippen molar-refractivity contribution in [3.05, 3.63) is 33.2 Å². The minimum atomic E-state index is -0.261. The van der Waals surface area contributed by atoms with E-state index in [1.54, 1.807) is 18.3 Å². The highest BCUT2D eigenvalue weighted by atomic mass is 79.9. The van der Waals surface area contributed by atoms with Gasteiger partial charge in [0.15, 0.2) is 5.13 Å². The van der Waals surface area contributed by atoms with Gasteiger partial charge in [0.2, 0.25) is 0 Å². The summed E-state index contributed by atoms with van der Waals surface area (Å²) in [6, 6.07) is 3.28. The predicted octanol–water partition coefficient (Wildman–Crippen LogP) is 3.48. The molecule has 0 aliphatic rings. The second-order valence-electron chi connectivity index (χ2n) is 3.92. The van der Waals surface area contributed by atoms with Gasteiger partial charge in [0.25, 0.3) is 5.91 Å². The normalized spacial score (nSPS) is 10.2. The van der Waals surface area contributed by atoms with E-state index in [-0.39, 0.29) is 5.91 Å². The number of amides is 1. The number of benzene rings is 1. The molecule has 1 aromatic heterocycles. The maximum atomic E-state index is 12.2. The van der Waals surface area contributed by atoms with E-state index >= 15 is 0 Å². The van der Waals surface area contributed by atoms with Gasteiger partial charge in [-0.3, -0.25) is 10.1 Å². The summed E-state index contributed by atoms with van der Waals surface area (Å²) in [5.74, 6) is 0.804. The lowest BCUT2D eigenvalue weighted by Gasteiger charge is -2.11. The van der Waals surface area contributed by atoms with Crippen molar-refractivity contribution in [1.82, 2.24) is 4.98 Å². The minimum absolute atomic E-state index is 0.261. The van der Waals surface area contributed by atoms with E-state index in [1.807, 2.05) is 6.92 Å². The summed E-state index contributed by atoms with van der Waals surface area (Å²) in [7, 11) is 3.07. The zero-order chi connectivity index (χ0) is 14.7. The van der Waals surface area contributed by atoms with E-state index in [2.05, 4.69) is 26.2 Å². The maximum absolute atomic E-state index is 12.2. The van der Waals surface area contributed by atoms with Gasteiger partial charge in [-0.25, -0.2) is 4.98 Å². The van der Waals surface area contributed by atoms with Crippen LogP contribution in [0.2, 0.25) is 0 Å². The van der Waals surface area contributed by atoms with E-state index in [1.165, 1.54) is 25.6 Å². The molecule has 1 N–H and O–H groups in total. The number of aromatic nitrogens is 1. The number of halogens is 1.